The minimum Gasteiger partial charge on any atom is -0.326 e. The van der Waals surface area contributed by atoms with Crippen molar-refractivity contribution in [3.05, 3.63) is 59.7 Å². The van der Waals surface area contributed by atoms with Gasteiger partial charge in [0.2, 0.25) is 11.8 Å². The third kappa shape index (κ3) is 6.13. The summed E-state index contributed by atoms with van der Waals surface area (Å²) in [6, 6.07) is 11.3. The number of rotatable bonds is 4. The maximum Gasteiger partial charge on any atom is 0.416 e. The van der Waals surface area contributed by atoms with Crippen molar-refractivity contribution in [1.29, 1.82) is 0 Å². The minimum absolute atomic E-state index is 0.00983. The lowest BCUT2D eigenvalue weighted by molar-refractivity contribution is -0.137. The van der Waals surface area contributed by atoms with Crippen LogP contribution in [0.4, 0.5) is 24.5 Å². The maximum atomic E-state index is 12.5. The Balaban J connectivity index is 1.89. The van der Waals surface area contributed by atoms with E-state index in [1.807, 2.05) is 12.1 Å². The molecule has 2 rings (SSSR count). The molecule has 2 aromatic rings. The standard InChI is InChI=1S/C20H21F3N2O2/c1-19(2,3)13-4-8-15(9-5-13)24-17(26)12-18(27)25-16-10-6-14(7-11-16)20(21,22)23/h4-11H,12H2,1-3H3,(H,24,26)(H,25,27). The Morgan fingerprint density at radius 2 is 1.11 bits per heavy atom. The van der Waals surface area contributed by atoms with Crippen molar-refractivity contribution >= 4 is 23.2 Å². The number of amides is 2. The highest BCUT2D eigenvalue weighted by Gasteiger charge is 2.30. The molecule has 0 bridgehead atoms. The first-order chi connectivity index (χ1) is 12.4. The van der Waals surface area contributed by atoms with Crippen molar-refractivity contribution in [3.8, 4) is 0 Å². The van der Waals surface area contributed by atoms with E-state index < -0.39 is 30.0 Å². The number of benzene rings is 2. The summed E-state index contributed by atoms with van der Waals surface area (Å²) in [6.07, 6.45) is -4.88. The molecule has 27 heavy (non-hydrogen) atoms. The van der Waals surface area contributed by atoms with Gasteiger partial charge >= 0.3 is 6.18 Å². The fraction of sp³-hybridized carbons (Fsp3) is 0.300. The molecule has 0 spiro atoms. The molecular formula is C20H21F3N2O2. The van der Waals surface area contributed by atoms with Crippen LogP contribution in [0.5, 0.6) is 0 Å². The third-order valence-electron chi connectivity index (χ3n) is 3.85. The number of nitrogens with one attached hydrogen (secondary N) is 2. The molecule has 0 fully saturated rings. The van der Waals surface area contributed by atoms with Crippen LogP contribution in [0.2, 0.25) is 0 Å². The predicted molar refractivity (Wildman–Crippen MR) is 98.5 cm³/mol. The summed E-state index contributed by atoms with van der Waals surface area (Å²) in [4.78, 5) is 23.8. The minimum atomic E-state index is -4.44. The lowest BCUT2D eigenvalue weighted by atomic mass is 9.87. The molecule has 0 atom stereocenters. The molecule has 2 aromatic carbocycles. The SMILES string of the molecule is CC(C)(C)c1ccc(NC(=O)CC(=O)Nc2ccc(C(F)(F)F)cc2)cc1. The van der Waals surface area contributed by atoms with E-state index >= 15 is 0 Å². The van der Waals surface area contributed by atoms with Gasteiger partial charge in [-0.1, -0.05) is 32.9 Å². The molecule has 0 aliphatic rings. The number of hydrogen-bond acceptors (Lipinski definition) is 2. The molecule has 144 valence electrons. The van der Waals surface area contributed by atoms with Gasteiger partial charge in [0.15, 0.2) is 0 Å². The van der Waals surface area contributed by atoms with Crippen LogP contribution in [0.1, 0.15) is 38.3 Å². The number of anilines is 2. The van der Waals surface area contributed by atoms with E-state index in [0.29, 0.717) is 5.69 Å². The van der Waals surface area contributed by atoms with Crippen LogP contribution in [0.25, 0.3) is 0 Å². The molecule has 0 unspecified atom stereocenters. The number of halogens is 3. The van der Waals surface area contributed by atoms with Gasteiger partial charge in [-0.2, -0.15) is 13.2 Å². The molecule has 0 aliphatic carbocycles. The van der Waals surface area contributed by atoms with Crippen LogP contribution in [0, 0.1) is 0 Å². The Bertz CT molecular complexity index is 736. The normalized spacial score (nSPS) is 11.8. The molecule has 0 saturated heterocycles. The van der Waals surface area contributed by atoms with E-state index in [2.05, 4.69) is 31.4 Å². The average Bonchev–Trinajstić information content (AvgIpc) is 2.53. The van der Waals surface area contributed by atoms with Gasteiger partial charge in [0.1, 0.15) is 6.42 Å². The van der Waals surface area contributed by atoms with Crippen LogP contribution in [0.15, 0.2) is 48.5 Å². The molecule has 2 amide bonds. The molecule has 0 radical (unpaired) electrons. The number of carbonyl (C=O) groups is 2. The first-order valence-electron chi connectivity index (χ1n) is 8.33. The van der Waals surface area contributed by atoms with Crippen molar-refractivity contribution < 1.29 is 22.8 Å². The second-order valence-electron chi connectivity index (χ2n) is 7.18. The summed E-state index contributed by atoms with van der Waals surface area (Å²) >= 11 is 0. The van der Waals surface area contributed by atoms with Gasteiger partial charge in [0.25, 0.3) is 0 Å². The van der Waals surface area contributed by atoms with Gasteiger partial charge in [-0.3, -0.25) is 9.59 Å². The monoisotopic (exact) mass is 378 g/mol. The van der Waals surface area contributed by atoms with Crippen molar-refractivity contribution in [2.75, 3.05) is 10.6 Å². The quantitative estimate of drug-likeness (QED) is 0.738. The Morgan fingerprint density at radius 3 is 1.44 bits per heavy atom. The maximum absolute atomic E-state index is 12.5. The van der Waals surface area contributed by atoms with Crippen LogP contribution < -0.4 is 10.6 Å². The average molecular weight is 378 g/mol. The Kier molecular flexibility index (Phi) is 5.93. The van der Waals surface area contributed by atoms with Crippen LogP contribution in [-0.4, -0.2) is 11.8 Å². The highest BCUT2D eigenvalue weighted by molar-refractivity contribution is 6.08. The molecule has 7 heteroatoms. The molecule has 0 aromatic heterocycles. The molecular weight excluding hydrogens is 357 g/mol. The van der Waals surface area contributed by atoms with E-state index in [-0.39, 0.29) is 11.1 Å². The first kappa shape index (κ1) is 20.5. The van der Waals surface area contributed by atoms with Crippen molar-refractivity contribution in [2.45, 2.75) is 38.8 Å². The van der Waals surface area contributed by atoms with Crippen molar-refractivity contribution in [3.63, 3.8) is 0 Å². The predicted octanol–water partition coefficient (Wildman–Crippen LogP) is 4.97. The van der Waals surface area contributed by atoms with Gasteiger partial charge in [-0.15, -0.1) is 0 Å². The Hall–Kier alpha value is -2.83. The van der Waals surface area contributed by atoms with E-state index in [1.165, 1.54) is 0 Å². The molecule has 4 nitrogen and oxygen atoms in total. The second kappa shape index (κ2) is 7.82. The largest absolute Gasteiger partial charge is 0.416 e. The smallest absolute Gasteiger partial charge is 0.326 e. The van der Waals surface area contributed by atoms with Gasteiger partial charge in [-0.05, 0) is 47.4 Å². The lowest BCUT2D eigenvalue weighted by Crippen LogP contribution is -2.21. The number of hydrogen-bond donors (Lipinski definition) is 2. The molecule has 0 heterocycles. The highest BCUT2D eigenvalue weighted by Crippen LogP contribution is 2.29. The zero-order chi connectivity index (χ0) is 20.2. The van der Waals surface area contributed by atoms with Gasteiger partial charge in [0, 0.05) is 11.4 Å². The van der Waals surface area contributed by atoms with Crippen LogP contribution in [0.3, 0.4) is 0 Å². The molecule has 0 saturated carbocycles. The summed E-state index contributed by atoms with van der Waals surface area (Å²) in [7, 11) is 0. The summed E-state index contributed by atoms with van der Waals surface area (Å²) in [5.74, 6) is -1.12. The Morgan fingerprint density at radius 1 is 0.741 bits per heavy atom. The van der Waals surface area contributed by atoms with Crippen LogP contribution >= 0.6 is 0 Å². The third-order valence-corrected chi connectivity index (χ3v) is 3.85. The van der Waals surface area contributed by atoms with Gasteiger partial charge < -0.3 is 10.6 Å². The fourth-order valence-corrected chi connectivity index (χ4v) is 2.35. The fourth-order valence-electron chi connectivity index (χ4n) is 2.35. The Labute approximate surface area is 155 Å². The number of carbonyl (C=O) groups excluding carboxylic acids is 2. The van der Waals surface area contributed by atoms with Crippen molar-refractivity contribution in [2.24, 2.45) is 0 Å². The summed E-state index contributed by atoms with van der Waals surface area (Å²) < 4.78 is 37.5. The zero-order valence-corrected chi connectivity index (χ0v) is 15.3. The summed E-state index contributed by atoms with van der Waals surface area (Å²) in [6.45, 7) is 6.23. The van der Waals surface area contributed by atoms with E-state index in [4.69, 9.17) is 0 Å². The van der Waals surface area contributed by atoms with Crippen molar-refractivity contribution in [1.82, 2.24) is 0 Å². The lowest BCUT2D eigenvalue weighted by Gasteiger charge is -2.19. The van der Waals surface area contributed by atoms with Crippen LogP contribution in [-0.2, 0) is 21.2 Å². The van der Waals surface area contributed by atoms with Gasteiger partial charge in [0.05, 0.1) is 5.56 Å². The number of alkyl halides is 3. The van der Waals surface area contributed by atoms with Gasteiger partial charge in [-0.25, -0.2) is 0 Å². The topological polar surface area (TPSA) is 58.2 Å². The van der Waals surface area contributed by atoms with E-state index in [9.17, 15) is 22.8 Å². The first-order valence-corrected chi connectivity index (χ1v) is 8.33. The van der Waals surface area contributed by atoms with E-state index in [1.54, 1.807) is 12.1 Å². The summed E-state index contributed by atoms with van der Waals surface area (Å²) in [5, 5.41) is 5.02. The van der Waals surface area contributed by atoms with E-state index in [0.717, 1.165) is 29.8 Å². The summed E-state index contributed by atoms with van der Waals surface area (Å²) in [5.41, 5.74) is 1.05. The zero-order valence-electron chi connectivity index (χ0n) is 15.3. The molecule has 2 N–H and O–H groups in total. The molecule has 0 aliphatic heterocycles. The highest BCUT2D eigenvalue weighted by atomic mass is 19.4. The second-order valence-corrected chi connectivity index (χ2v) is 7.18.